The summed E-state index contributed by atoms with van der Waals surface area (Å²) in [4.78, 5) is 14.2. The molecule has 0 aliphatic carbocycles. The monoisotopic (exact) mass is 346 g/mol. The van der Waals surface area contributed by atoms with E-state index in [9.17, 15) is 9.90 Å². The van der Waals surface area contributed by atoms with Gasteiger partial charge < -0.3 is 24.5 Å². The summed E-state index contributed by atoms with van der Waals surface area (Å²) in [6, 6.07) is 9.03. The third-order valence-corrected chi connectivity index (χ3v) is 4.10. The van der Waals surface area contributed by atoms with Crippen LogP contribution in [-0.4, -0.2) is 36.3 Å². The van der Waals surface area contributed by atoms with E-state index >= 15 is 0 Å². The van der Waals surface area contributed by atoms with Crippen LogP contribution in [0.3, 0.4) is 0 Å². The van der Waals surface area contributed by atoms with Crippen molar-refractivity contribution in [3.63, 3.8) is 0 Å². The number of carbonyl (C=O) groups excluding carboxylic acids is 1. The molecule has 6 nitrogen and oxygen atoms in total. The van der Waals surface area contributed by atoms with Gasteiger partial charge in [-0.1, -0.05) is 18.2 Å². The number of benzene rings is 1. The number of nitrogens with one attached hydrogen (secondary N) is 1. The minimum atomic E-state index is -0.245. The van der Waals surface area contributed by atoms with E-state index in [-0.39, 0.29) is 25.2 Å². The van der Waals surface area contributed by atoms with Crippen LogP contribution in [0.25, 0.3) is 0 Å². The molecule has 0 fully saturated rings. The average Bonchev–Trinajstić information content (AvgIpc) is 2.93. The number of aliphatic hydroxyl groups is 1. The number of carbonyl (C=O) groups is 1. The van der Waals surface area contributed by atoms with E-state index in [0.717, 1.165) is 22.6 Å². The second-order valence-corrected chi connectivity index (χ2v) is 6.00. The molecule has 1 heterocycles. The molecule has 0 aliphatic heterocycles. The summed E-state index contributed by atoms with van der Waals surface area (Å²) in [5, 5.41) is 12.3. The van der Waals surface area contributed by atoms with Crippen LogP contribution in [0.15, 0.2) is 34.7 Å². The summed E-state index contributed by atoms with van der Waals surface area (Å²) in [5.74, 6) is 2.33. The first kappa shape index (κ1) is 18.9. The molecule has 0 aliphatic rings. The maximum atomic E-state index is 12.7. The molecule has 136 valence electrons. The third kappa shape index (κ3) is 4.76. The lowest BCUT2D eigenvalue weighted by molar-refractivity contribution is 0.170. The molecule has 0 bridgehead atoms. The molecule has 2 aromatic rings. The van der Waals surface area contributed by atoms with Crippen LogP contribution in [0.4, 0.5) is 4.79 Å². The number of rotatable bonds is 7. The summed E-state index contributed by atoms with van der Waals surface area (Å²) in [7, 11) is 1.60. The minimum Gasteiger partial charge on any atom is -0.496 e. The number of ether oxygens (including phenoxy) is 1. The van der Waals surface area contributed by atoms with Crippen LogP contribution in [0, 0.1) is 13.8 Å². The number of amides is 2. The fourth-order valence-corrected chi connectivity index (χ4v) is 2.85. The normalized spacial score (nSPS) is 11.9. The second-order valence-electron chi connectivity index (χ2n) is 6.00. The molecule has 1 atom stereocenters. The quantitative estimate of drug-likeness (QED) is 0.807. The van der Waals surface area contributed by atoms with Crippen molar-refractivity contribution in [2.45, 2.75) is 33.4 Å². The predicted molar refractivity (Wildman–Crippen MR) is 95.6 cm³/mol. The van der Waals surface area contributed by atoms with E-state index in [1.807, 2.05) is 51.1 Å². The first-order valence-corrected chi connectivity index (χ1v) is 8.31. The number of para-hydroxylation sites is 1. The van der Waals surface area contributed by atoms with E-state index < -0.39 is 0 Å². The first-order chi connectivity index (χ1) is 12.0. The Morgan fingerprint density at radius 1 is 1.36 bits per heavy atom. The van der Waals surface area contributed by atoms with Crippen molar-refractivity contribution in [3.05, 3.63) is 53.0 Å². The topological polar surface area (TPSA) is 74.9 Å². The molecule has 1 aromatic heterocycles. The standard InChI is InChI=1S/C19H26N2O4/c1-13-11-17(15(3)25-13)14(2)20-19(23)21(9-10-22)12-16-7-5-6-8-18(16)24-4/h5-8,11,14,22H,9-10,12H2,1-4H3,(H,20,23). The highest BCUT2D eigenvalue weighted by Crippen LogP contribution is 2.22. The lowest BCUT2D eigenvalue weighted by atomic mass is 10.1. The highest BCUT2D eigenvalue weighted by Gasteiger charge is 2.20. The highest BCUT2D eigenvalue weighted by molar-refractivity contribution is 5.75. The minimum absolute atomic E-state index is 0.110. The van der Waals surface area contributed by atoms with Crippen molar-refractivity contribution in [3.8, 4) is 5.75 Å². The fourth-order valence-electron chi connectivity index (χ4n) is 2.85. The number of methoxy groups -OCH3 is 1. The summed E-state index contributed by atoms with van der Waals surface area (Å²) in [6.45, 7) is 6.15. The number of urea groups is 1. The first-order valence-electron chi connectivity index (χ1n) is 8.31. The Balaban J connectivity index is 2.10. The number of hydrogen-bond donors (Lipinski definition) is 2. The van der Waals surface area contributed by atoms with Gasteiger partial charge in [0.05, 0.1) is 26.3 Å². The highest BCUT2D eigenvalue weighted by atomic mass is 16.5. The van der Waals surface area contributed by atoms with Gasteiger partial charge in [0, 0.05) is 17.7 Å². The molecule has 25 heavy (non-hydrogen) atoms. The van der Waals surface area contributed by atoms with Crippen molar-refractivity contribution in [1.29, 1.82) is 0 Å². The van der Waals surface area contributed by atoms with Crippen LogP contribution in [0.2, 0.25) is 0 Å². The van der Waals surface area contributed by atoms with Gasteiger partial charge in [-0.05, 0) is 32.9 Å². The van der Waals surface area contributed by atoms with Crippen molar-refractivity contribution in [2.24, 2.45) is 0 Å². The molecule has 0 saturated heterocycles. The van der Waals surface area contributed by atoms with Gasteiger partial charge in [-0.3, -0.25) is 0 Å². The molecule has 1 aromatic carbocycles. The van der Waals surface area contributed by atoms with Gasteiger partial charge in [-0.15, -0.1) is 0 Å². The zero-order chi connectivity index (χ0) is 18.4. The molecule has 1 unspecified atom stereocenters. The molecule has 2 N–H and O–H groups in total. The summed E-state index contributed by atoms with van der Waals surface area (Å²) >= 11 is 0. The van der Waals surface area contributed by atoms with Crippen molar-refractivity contribution >= 4 is 6.03 Å². The zero-order valence-electron chi connectivity index (χ0n) is 15.2. The molecule has 6 heteroatoms. The second kappa shape index (κ2) is 8.58. The number of hydrogen-bond acceptors (Lipinski definition) is 4. The van der Waals surface area contributed by atoms with Gasteiger partial charge in [0.25, 0.3) is 0 Å². The Morgan fingerprint density at radius 2 is 2.08 bits per heavy atom. The lowest BCUT2D eigenvalue weighted by Gasteiger charge is -2.25. The maximum absolute atomic E-state index is 12.7. The Hall–Kier alpha value is -2.47. The smallest absolute Gasteiger partial charge is 0.318 e. The van der Waals surface area contributed by atoms with Gasteiger partial charge >= 0.3 is 6.03 Å². The zero-order valence-corrected chi connectivity index (χ0v) is 15.2. The molecule has 2 amide bonds. The third-order valence-electron chi connectivity index (χ3n) is 4.10. The number of furan rings is 1. The Labute approximate surface area is 148 Å². The number of nitrogens with zero attached hydrogens (tertiary/aromatic N) is 1. The van der Waals surface area contributed by atoms with Gasteiger partial charge in [0.1, 0.15) is 17.3 Å². The predicted octanol–water partition coefficient (Wildman–Crippen LogP) is 3.17. The fraction of sp³-hybridized carbons (Fsp3) is 0.421. The summed E-state index contributed by atoms with van der Waals surface area (Å²) in [6.07, 6.45) is 0. The Bertz CT molecular complexity index is 711. The van der Waals surface area contributed by atoms with E-state index in [0.29, 0.717) is 12.3 Å². The van der Waals surface area contributed by atoms with Gasteiger partial charge in [0.15, 0.2) is 0 Å². The van der Waals surface area contributed by atoms with Gasteiger partial charge in [-0.2, -0.15) is 0 Å². The van der Waals surface area contributed by atoms with E-state index in [2.05, 4.69) is 5.32 Å². The van der Waals surface area contributed by atoms with Gasteiger partial charge in [0.2, 0.25) is 0 Å². The van der Waals surface area contributed by atoms with Crippen molar-refractivity contribution < 1.29 is 19.1 Å². The van der Waals surface area contributed by atoms with Crippen LogP contribution >= 0.6 is 0 Å². The molecule has 0 spiro atoms. The molecule has 0 saturated carbocycles. The van der Waals surface area contributed by atoms with E-state index in [1.165, 1.54) is 0 Å². The summed E-state index contributed by atoms with van der Waals surface area (Å²) in [5.41, 5.74) is 1.84. The Kier molecular flexibility index (Phi) is 6.47. The van der Waals surface area contributed by atoms with Crippen LogP contribution in [-0.2, 0) is 6.54 Å². The number of aliphatic hydroxyl groups excluding tert-OH is 1. The summed E-state index contributed by atoms with van der Waals surface area (Å²) < 4.78 is 10.9. The molecule has 2 rings (SSSR count). The molecule has 0 radical (unpaired) electrons. The van der Waals surface area contributed by atoms with Crippen molar-refractivity contribution in [2.75, 3.05) is 20.3 Å². The van der Waals surface area contributed by atoms with Crippen LogP contribution in [0.1, 0.15) is 35.6 Å². The number of aryl methyl sites for hydroxylation is 2. The molecular weight excluding hydrogens is 320 g/mol. The van der Waals surface area contributed by atoms with Gasteiger partial charge in [-0.25, -0.2) is 4.79 Å². The lowest BCUT2D eigenvalue weighted by Crippen LogP contribution is -2.42. The maximum Gasteiger partial charge on any atom is 0.318 e. The average molecular weight is 346 g/mol. The Morgan fingerprint density at radius 3 is 2.68 bits per heavy atom. The SMILES string of the molecule is COc1ccccc1CN(CCO)C(=O)NC(C)c1cc(C)oc1C. The largest absolute Gasteiger partial charge is 0.496 e. The van der Waals surface area contributed by atoms with Crippen LogP contribution < -0.4 is 10.1 Å². The van der Waals surface area contributed by atoms with Crippen molar-refractivity contribution in [1.82, 2.24) is 10.2 Å². The molecular formula is C19H26N2O4. The van der Waals surface area contributed by atoms with E-state index in [1.54, 1.807) is 12.0 Å². The van der Waals surface area contributed by atoms with E-state index in [4.69, 9.17) is 9.15 Å². The van der Waals surface area contributed by atoms with Crippen LogP contribution in [0.5, 0.6) is 5.75 Å².